The van der Waals surface area contributed by atoms with Gasteiger partial charge in [0.2, 0.25) is 0 Å². The Morgan fingerprint density at radius 2 is 1.51 bits per heavy atom. The summed E-state index contributed by atoms with van der Waals surface area (Å²) in [6.07, 6.45) is -3.58. The van der Waals surface area contributed by atoms with Gasteiger partial charge in [0.05, 0.1) is 22.5 Å². The monoisotopic (exact) mass is 641 g/mol. The van der Waals surface area contributed by atoms with Crippen LogP contribution in [0.3, 0.4) is 0 Å². The summed E-state index contributed by atoms with van der Waals surface area (Å²) in [4.78, 5) is 69.2. The third kappa shape index (κ3) is 8.45. The highest BCUT2D eigenvalue weighted by Crippen LogP contribution is 2.37. The van der Waals surface area contributed by atoms with Crippen molar-refractivity contribution >= 4 is 58.1 Å². The summed E-state index contributed by atoms with van der Waals surface area (Å²) < 4.78 is 27.5. The standard InChI is InChI=1S/C30H31N3O11S/c1-14-6-7-19-8-10-21(25(38)24(19)32-14)29(39)33-20-9-11-23(31-12-20)45-30-28(43-18(5)37)27(42-17(4)36)26(41-16(3)35)22(44-30)13-40-15(2)34/h6-12,22,26-28,30,38H,13H2,1-5H3,(H,33,39)/t22-,26+,27+,28-,30+/m1/s1. The van der Waals surface area contributed by atoms with E-state index in [0.29, 0.717) is 27.3 Å². The largest absolute Gasteiger partial charge is 0.505 e. The average Bonchev–Trinajstić information content (AvgIpc) is 2.96. The van der Waals surface area contributed by atoms with Crippen molar-refractivity contribution in [3.8, 4) is 5.75 Å². The molecule has 4 rings (SSSR count). The molecule has 14 nitrogen and oxygen atoms in total. The zero-order valence-corrected chi connectivity index (χ0v) is 25.8. The Labute approximate surface area is 261 Å². The number of amides is 1. The summed E-state index contributed by atoms with van der Waals surface area (Å²) in [5, 5.41) is 14.4. The molecule has 1 aromatic carbocycles. The lowest BCUT2D eigenvalue weighted by Crippen LogP contribution is -2.61. The van der Waals surface area contributed by atoms with E-state index in [1.54, 1.807) is 37.3 Å². The number of rotatable bonds is 9. The number of carbonyl (C=O) groups excluding carboxylic acids is 5. The zero-order chi connectivity index (χ0) is 32.8. The average molecular weight is 642 g/mol. The first-order valence-electron chi connectivity index (χ1n) is 13.7. The first kappa shape index (κ1) is 33.1. The number of hydrogen-bond acceptors (Lipinski definition) is 14. The number of thioether (sulfide) groups is 1. The maximum absolute atomic E-state index is 13.0. The normalized spacial score (nSPS) is 21.0. The minimum absolute atomic E-state index is 0.0246. The number of nitrogens with zero attached hydrogens (tertiary/aromatic N) is 2. The molecular formula is C30H31N3O11S. The number of hydrogen-bond donors (Lipinski definition) is 2. The van der Waals surface area contributed by atoms with Gasteiger partial charge in [-0.3, -0.25) is 24.0 Å². The van der Waals surface area contributed by atoms with E-state index in [2.05, 4.69) is 15.3 Å². The van der Waals surface area contributed by atoms with Gasteiger partial charge >= 0.3 is 23.9 Å². The molecule has 1 amide bonds. The van der Waals surface area contributed by atoms with Crippen LogP contribution in [-0.2, 0) is 42.9 Å². The van der Waals surface area contributed by atoms with E-state index in [-0.39, 0.29) is 17.9 Å². The summed E-state index contributed by atoms with van der Waals surface area (Å²) >= 11 is 0.990. The van der Waals surface area contributed by atoms with Crippen LogP contribution in [-0.4, -0.2) is 81.3 Å². The maximum atomic E-state index is 13.0. The predicted octanol–water partition coefficient (Wildman–Crippen LogP) is 3.07. The van der Waals surface area contributed by atoms with E-state index in [1.165, 1.54) is 19.2 Å². The summed E-state index contributed by atoms with van der Waals surface area (Å²) in [7, 11) is 0. The van der Waals surface area contributed by atoms with Crippen LogP contribution >= 0.6 is 11.8 Å². The lowest BCUT2D eigenvalue weighted by molar-refractivity contribution is -0.237. The topological polar surface area (TPSA) is 190 Å². The van der Waals surface area contributed by atoms with Crippen molar-refractivity contribution < 1.29 is 52.8 Å². The summed E-state index contributed by atoms with van der Waals surface area (Å²) in [5.41, 5.74) is 0.254. The first-order chi connectivity index (χ1) is 21.3. The molecule has 0 saturated carbocycles. The van der Waals surface area contributed by atoms with Gasteiger partial charge in [0.25, 0.3) is 5.91 Å². The molecule has 1 aliphatic heterocycles. The van der Waals surface area contributed by atoms with Crippen LogP contribution in [0.4, 0.5) is 5.69 Å². The number of carbonyl (C=O) groups is 5. The second-order valence-electron chi connectivity index (χ2n) is 10.0. The SMILES string of the molecule is CC(=O)OC[C@H]1O[C@@H](Sc2ccc(NC(=O)c3ccc4ccc(C)nc4c3O)cn2)[C@H](OC(C)=O)[C@@H](OC(C)=O)[C@H]1OC(C)=O. The van der Waals surface area contributed by atoms with Crippen molar-refractivity contribution in [3.63, 3.8) is 0 Å². The van der Waals surface area contributed by atoms with E-state index >= 15 is 0 Å². The number of aromatic nitrogens is 2. The number of phenols is 1. The van der Waals surface area contributed by atoms with Crippen LogP contribution in [0.15, 0.2) is 47.6 Å². The molecule has 1 aliphatic rings. The molecule has 1 saturated heterocycles. The third-order valence-electron chi connectivity index (χ3n) is 6.40. The summed E-state index contributed by atoms with van der Waals surface area (Å²) in [5.74, 6) is -3.66. The summed E-state index contributed by atoms with van der Waals surface area (Å²) in [6, 6.07) is 9.88. The van der Waals surface area contributed by atoms with Crippen molar-refractivity contribution in [3.05, 3.63) is 53.9 Å². The first-order valence-corrected chi connectivity index (χ1v) is 14.5. The van der Waals surface area contributed by atoms with Gasteiger partial charge in [-0.1, -0.05) is 23.9 Å². The second kappa shape index (κ2) is 14.3. The Morgan fingerprint density at radius 1 is 0.867 bits per heavy atom. The fraction of sp³-hybridized carbons (Fsp3) is 0.367. The van der Waals surface area contributed by atoms with Gasteiger partial charge in [0, 0.05) is 38.8 Å². The van der Waals surface area contributed by atoms with E-state index in [4.69, 9.17) is 23.7 Å². The molecule has 0 aliphatic carbocycles. The molecule has 0 spiro atoms. The molecule has 0 bridgehead atoms. The number of nitrogens with one attached hydrogen (secondary N) is 1. The molecule has 2 aromatic heterocycles. The highest BCUT2D eigenvalue weighted by Gasteiger charge is 2.52. The van der Waals surface area contributed by atoms with Crippen molar-refractivity contribution in [2.24, 2.45) is 0 Å². The lowest BCUT2D eigenvalue weighted by atomic mass is 9.99. The molecule has 238 valence electrons. The van der Waals surface area contributed by atoms with Crippen molar-refractivity contribution in [1.82, 2.24) is 9.97 Å². The Hall–Kier alpha value is -4.76. The minimum Gasteiger partial charge on any atom is -0.505 e. The Morgan fingerprint density at radius 3 is 2.13 bits per heavy atom. The smallest absolute Gasteiger partial charge is 0.303 e. The Bertz CT molecular complexity index is 1610. The van der Waals surface area contributed by atoms with Gasteiger partial charge in [-0.05, 0) is 31.2 Å². The molecule has 1 fully saturated rings. The van der Waals surface area contributed by atoms with Gasteiger partial charge in [-0.15, -0.1) is 0 Å². The quantitative estimate of drug-likeness (QED) is 0.256. The number of pyridine rings is 2. The van der Waals surface area contributed by atoms with Gasteiger partial charge < -0.3 is 34.1 Å². The molecule has 3 heterocycles. The second-order valence-corrected chi connectivity index (χ2v) is 11.1. The van der Waals surface area contributed by atoms with Crippen LogP contribution in [0.1, 0.15) is 43.7 Å². The highest BCUT2D eigenvalue weighted by molar-refractivity contribution is 7.99. The number of fused-ring (bicyclic) bond motifs is 1. The van der Waals surface area contributed by atoms with E-state index < -0.39 is 59.6 Å². The maximum Gasteiger partial charge on any atom is 0.303 e. The van der Waals surface area contributed by atoms with Crippen LogP contribution in [0, 0.1) is 6.92 Å². The Kier molecular flexibility index (Phi) is 10.6. The summed E-state index contributed by atoms with van der Waals surface area (Å²) in [6.45, 7) is 6.03. The van der Waals surface area contributed by atoms with Gasteiger partial charge in [0.15, 0.2) is 29.5 Å². The molecule has 15 heteroatoms. The van der Waals surface area contributed by atoms with Crippen LogP contribution < -0.4 is 5.32 Å². The molecule has 2 N–H and O–H groups in total. The molecule has 3 aromatic rings. The lowest BCUT2D eigenvalue weighted by Gasteiger charge is -2.44. The fourth-order valence-electron chi connectivity index (χ4n) is 4.58. The Balaban J connectivity index is 1.56. The number of benzene rings is 1. The molecular weight excluding hydrogens is 610 g/mol. The van der Waals surface area contributed by atoms with Crippen LogP contribution in [0.2, 0.25) is 0 Å². The van der Waals surface area contributed by atoms with E-state index in [1.807, 2.05) is 0 Å². The van der Waals surface area contributed by atoms with Crippen LogP contribution in [0.25, 0.3) is 10.9 Å². The molecule has 5 atom stereocenters. The van der Waals surface area contributed by atoms with E-state index in [0.717, 1.165) is 32.5 Å². The van der Waals surface area contributed by atoms with Crippen LogP contribution in [0.5, 0.6) is 5.75 Å². The van der Waals surface area contributed by atoms with Crippen molar-refractivity contribution in [2.75, 3.05) is 11.9 Å². The number of anilines is 1. The van der Waals surface area contributed by atoms with Gasteiger partial charge in [-0.25, -0.2) is 9.97 Å². The molecule has 0 radical (unpaired) electrons. The van der Waals surface area contributed by atoms with Gasteiger partial charge in [0.1, 0.15) is 18.2 Å². The number of ether oxygens (including phenoxy) is 5. The number of aromatic hydroxyl groups is 1. The number of esters is 4. The van der Waals surface area contributed by atoms with E-state index in [9.17, 15) is 29.1 Å². The predicted molar refractivity (Wildman–Crippen MR) is 158 cm³/mol. The van der Waals surface area contributed by atoms with Crippen molar-refractivity contribution in [2.45, 2.75) is 69.5 Å². The molecule has 45 heavy (non-hydrogen) atoms. The van der Waals surface area contributed by atoms with Crippen molar-refractivity contribution in [1.29, 1.82) is 0 Å². The zero-order valence-electron chi connectivity index (χ0n) is 25.0. The van der Waals surface area contributed by atoms with Gasteiger partial charge in [-0.2, -0.15) is 0 Å². The third-order valence-corrected chi connectivity index (χ3v) is 7.49. The highest BCUT2D eigenvalue weighted by atomic mass is 32.2. The number of phenolic OH excluding ortho intramolecular Hbond substituents is 1. The molecule has 0 unspecified atom stereocenters. The number of aryl methyl sites for hydroxylation is 1. The fourth-order valence-corrected chi connectivity index (χ4v) is 5.62. The minimum atomic E-state index is -1.31.